The SMILES string of the molecule is Cc1cc(-n2c(C)cc(C(=O)N3CCC(C(C)O)C3)c2C)no1. The second-order valence-corrected chi connectivity index (χ2v) is 6.46. The summed E-state index contributed by atoms with van der Waals surface area (Å²) in [7, 11) is 0. The molecule has 6 heteroatoms. The highest BCUT2D eigenvalue weighted by atomic mass is 16.5. The molecule has 1 N–H and O–H groups in total. The van der Waals surface area contributed by atoms with E-state index in [2.05, 4.69) is 5.16 Å². The highest BCUT2D eigenvalue weighted by Gasteiger charge is 2.31. The number of amides is 1. The van der Waals surface area contributed by atoms with Gasteiger partial charge in [0.1, 0.15) is 5.76 Å². The second kappa shape index (κ2) is 5.85. The summed E-state index contributed by atoms with van der Waals surface area (Å²) >= 11 is 0. The van der Waals surface area contributed by atoms with Crippen LogP contribution in [0.4, 0.5) is 0 Å². The number of hydrogen-bond donors (Lipinski definition) is 1. The normalized spacial score (nSPS) is 19.3. The molecule has 1 aliphatic rings. The Morgan fingerprint density at radius 1 is 1.39 bits per heavy atom. The summed E-state index contributed by atoms with van der Waals surface area (Å²) in [5.41, 5.74) is 2.50. The van der Waals surface area contributed by atoms with Gasteiger partial charge in [-0.3, -0.25) is 9.36 Å². The first-order valence-corrected chi connectivity index (χ1v) is 7.98. The van der Waals surface area contributed by atoms with Gasteiger partial charge in [0.15, 0.2) is 5.82 Å². The Morgan fingerprint density at radius 3 is 2.70 bits per heavy atom. The van der Waals surface area contributed by atoms with E-state index >= 15 is 0 Å². The third-order valence-corrected chi connectivity index (χ3v) is 4.70. The van der Waals surface area contributed by atoms with Crippen LogP contribution in [0.1, 0.15) is 40.9 Å². The van der Waals surface area contributed by atoms with E-state index in [4.69, 9.17) is 4.52 Å². The molecule has 0 radical (unpaired) electrons. The summed E-state index contributed by atoms with van der Waals surface area (Å²) in [5.74, 6) is 1.62. The number of aliphatic hydroxyl groups is 1. The minimum Gasteiger partial charge on any atom is -0.393 e. The number of aliphatic hydroxyl groups excluding tert-OH is 1. The van der Waals surface area contributed by atoms with Gasteiger partial charge in [0.05, 0.1) is 11.7 Å². The lowest BCUT2D eigenvalue weighted by atomic mass is 10.0. The van der Waals surface area contributed by atoms with Gasteiger partial charge in [-0.05, 0) is 40.2 Å². The lowest BCUT2D eigenvalue weighted by Crippen LogP contribution is -2.30. The second-order valence-electron chi connectivity index (χ2n) is 6.46. The molecular formula is C17H23N3O3. The Morgan fingerprint density at radius 2 is 2.13 bits per heavy atom. The van der Waals surface area contributed by atoms with Crippen molar-refractivity contribution in [1.29, 1.82) is 0 Å². The Labute approximate surface area is 135 Å². The quantitative estimate of drug-likeness (QED) is 0.942. The van der Waals surface area contributed by atoms with E-state index in [1.807, 2.05) is 42.4 Å². The smallest absolute Gasteiger partial charge is 0.255 e. The van der Waals surface area contributed by atoms with Gasteiger partial charge in [-0.2, -0.15) is 0 Å². The molecule has 0 saturated carbocycles. The number of carbonyl (C=O) groups is 1. The molecule has 0 bridgehead atoms. The number of likely N-dealkylation sites (tertiary alicyclic amines) is 1. The largest absolute Gasteiger partial charge is 0.393 e. The van der Waals surface area contributed by atoms with Crippen molar-refractivity contribution in [3.05, 3.63) is 34.8 Å². The minimum absolute atomic E-state index is 0.0210. The molecular weight excluding hydrogens is 294 g/mol. The first-order chi connectivity index (χ1) is 10.9. The Balaban J connectivity index is 1.88. The summed E-state index contributed by atoms with van der Waals surface area (Å²) < 4.78 is 7.08. The predicted octanol–water partition coefficient (Wildman–Crippen LogP) is 2.23. The van der Waals surface area contributed by atoms with E-state index in [0.29, 0.717) is 24.5 Å². The Bertz CT molecular complexity index is 730. The van der Waals surface area contributed by atoms with Crippen molar-refractivity contribution in [2.45, 2.75) is 40.2 Å². The molecule has 1 fully saturated rings. The Kier molecular flexibility index (Phi) is 4.02. The molecule has 3 heterocycles. The van der Waals surface area contributed by atoms with E-state index in [-0.39, 0.29) is 17.9 Å². The maximum Gasteiger partial charge on any atom is 0.255 e. The first kappa shape index (κ1) is 15.8. The molecule has 1 amide bonds. The van der Waals surface area contributed by atoms with E-state index in [9.17, 15) is 9.90 Å². The minimum atomic E-state index is -0.377. The van der Waals surface area contributed by atoms with Crippen LogP contribution in [-0.4, -0.2) is 44.8 Å². The van der Waals surface area contributed by atoms with Crippen molar-refractivity contribution < 1.29 is 14.4 Å². The van der Waals surface area contributed by atoms with Crippen LogP contribution in [0.5, 0.6) is 0 Å². The van der Waals surface area contributed by atoms with Crippen LogP contribution in [0.2, 0.25) is 0 Å². The maximum absolute atomic E-state index is 12.8. The molecule has 2 aromatic heterocycles. The van der Waals surface area contributed by atoms with Crippen molar-refractivity contribution in [3.8, 4) is 5.82 Å². The van der Waals surface area contributed by atoms with Crippen LogP contribution in [0.3, 0.4) is 0 Å². The molecule has 6 nitrogen and oxygen atoms in total. The van der Waals surface area contributed by atoms with Gasteiger partial charge < -0.3 is 14.5 Å². The monoisotopic (exact) mass is 317 g/mol. The third-order valence-electron chi connectivity index (χ3n) is 4.70. The zero-order valence-corrected chi connectivity index (χ0v) is 14.0. The first-order valence-electron chi connectivity index (χ1n) is 7.98. The van der Waals surface area contributed by atoms with E-state index in [0.717, 1.165) is 23.6 Å². The number of hydrogen-bond acceptors (Lipinski definition) is 4. The van der Waals surface area contributed by atoms with Gasteiger partial charge in [-0.15, -0.1) is 0 Å². The fraction of sp³-hybridized carbons (Fsp3) is 0.529. The Hall–Kier alpha value is -2.08. The van der Waals surface area contributed by atoms with Crippen LogP contribution >= 0.6 is 0 Å². The molecule has 1 aliphatic heterocycles. The zero-order chi connectivity index (χ0) is 16.7. The number of rotatable bonds is 3. The molecule has 2 aromatic rings. The van der Waals surface area contributed by atoms with Crippen molar-refractivity contribution in [2.75, 3.05) is 13.1 Å². The van der Waals surface area contributed by atoms with Crippen LogP contribution in [0, 0.1) is 26.7 Å². The average molecular weight is 317 g/mol. The lowest BCUT2D eigenvalue weighted by Gasteiger charge is -2.17. The van der Waals surface area contributed by atoms with Crippen molar-refractivity contribution in [3.63, 3.8) is 0 Å². The average Bonchev–Trinajstić information content (AvgIpc) is 3.18. The summed E-state index contributed by atoms with van der Waals surface area (Å²) in [4.78, 5) is 14.7. The zero-order valence-electron chi connectivity index (χ0n) is 14.0. The predicted molar refractivity (Wildman–Crippen MR) is 85.7 cm³/mol. The topological polar surface area (TPSA) is 71.5 Å². The van der Waals surface area contributed by atoms with E-state index in [1.165, 1.54) is 0 Å². The number of aryl methyl sites for hydroxylation is 2. The van der Waals surface area contributed by atoms with Crippen molar-refractivity contribution in [1.82, 2.24) is 14.6 Å². The molecule has 0 aliphatic carbocycles. The number of aromatic nitrogens is 2. The number of nitrogens with zero attached hydrogens (tertiary/aromatic N) is 3. The van der Waals surface area contributed by atoms with Gasteiger partial charge in [0, 0.05) is 36.5 Å². The fourth-order valence-corrected chi connectivity index (χ4v) is 3.33. The van der Waals surface area contributed by atoms with Crippen LogP contribution in [0.25, 0.3) is 5.82 Å². The van der Waals surface area contributed by atoms with Gasteiger partial charge in [-0.1, -0.05) is 5.16 Å². The van der Waals surface area contributed by atoms with Gasteiger partial charge in [0.2, 0.25) is 0 Å². The summed E-state index contributed by atoms with van der Waals surface area (Å²) in [6.07, 6.45) is 0.475. The molecule has 2 atom stereocenters. The molecule has 1 saturated heterocycles. The van der Waals surface area contributed by atoms with Crippen LogP contribution < -0.4 is 0 Å². The summed E-state index contributed by atoms with van der Waals surface area (Å²) in [6.45, 7) is 8.82. The van der Waals surface area contributed by atoms with Gasteiger partial charge in [0.25, 0.3) is 5.91 Å². The van der Waals surface area contributed by atoms with Gasteiger partial charge in [-0.25, -0.2) is 0 Å². The highest BCUT2D eigenvalue weighted by Crippen LogP contribution is 2.25. The lowest BCUT2D eigenvalue weighted by molar-refractivity contribution is 0.0762. The summed E-state index contributed by atoms with van der Waals surface area (Å²) in [5, 5.41) is 13.8. The van der Waals surface area contributed by atoms with Crippen molar-refractivity contribution >= 4 is 5.91 Å². The molecule has 0 aromatic carbocycles. The van der Waals surface area contributed by atoms with Crippen LogP contribution in [-0.2, 0) is 0 Å². The summed E-state index contributed by atoms with van der Waals surface area (Å²) in [6, 6.07) is 3.75. The molecule has 2 unspecified atom stereocenters. The maximum atomic E-state index is 12.8. The van der Waals surface area contributed by atoms with Gasteiger partial charge >= 0.3 is 0 Å². The standard InChI is InChI=1S/C17H23N3O3/c1-10-7-15(12(3)20(10)16-8-11(2)23-18-16)17(22)19-6-5-14(9-19)13(4)21/h7-8,13-14,21H,5-6,9H2,1-4H3. The van der Waals surface area contributed by atoms with E-state index in [1.54, 1.807) is 6.92 Å². The molecule has 124 valence electrons. The van der Waals surface area contributed by atoms with Crippen LogP contribution in [0.15, 0.2) is 16.7 Å². The molecule has 3 rings (SSSR count). The van der Waals surface area contributed by atoms with Crippen molar-refractivity contribution in [2.24, 2.45) is 5.92 Å². The third kappa shape index (κ3) is 2.79. The fourth-order valence-electron chi connectivity index (χ4n) is 3.33. The van der Waals surface area contributed by atoms with E-state index < -0.39 is 0 Å². The highest BCUT2D eigenvalue weighted by molar-refractivity contribution is 5.96. The molecule has 0 spiro atoms. The molecule has 23 heavy (non-hydrogen) atoms. The number of carbonyl (C=O) groups excluding carboxylic acids is 1.